The molecule has 1 aromatic carbocycles. The number of ether oxygens (including phenoxy) is 1. The van der Waals surface area contributed by atoms with E-state index in [1.165, 1.54) is 0 Å². The van der Waals surface area contributed by atoms with Crippen molar-refractivity contribution < 1.29 is 19.8 Å². The lowest BCUT2D eigenvalue weighted by atomic mass is 9.72. The second kappa shape index (κ2) is 3.68. The smallest absolute Gasteiger partial charge is 0.302 e. The number of hydrogen-bond donors (Lipinski definition) is 2. The third kappa shape index (κ3) is 1.28. The van der Waals surface area contributed by atoms with Crippen LogP contribution in [-0.4, -0.2) is 21.4 Å². The minimum atomic E-state index is -0.463. The Balaban J connectivity index is 1.80. The summed E-state index contributed by atoms with van der Waals surface area (Å²) in [5.41, 5.74) is 1.61. The van der Waals surface area contributed by atoms with Gasteiger partial charge in [-0.1, -0.05) is 18.2 Å². The number of allylic oxidation sites excluding steroid dienone is 1. The molecule has 1 spiro atoms. The fraction of sp³-hybridized carbons (Fsp3) is 0.176. The van der Waals surface area contributed by atoms with Crippen molar-refractivity contribution >= 4 is 0 Å². The van der Waals surface area contributed by atoms with Crippen LogP contribution in [0.25, 0.3) is 0 Å². The van der Waals surface area contributed by atoms with Gasteiger partial charge in [0.1, 0.15) is 23.7 Å². The molecule has 0 fully saturated rings. The topological polar surface area (TPSA) is 62.2 Å². The summed E-state index contributed by atoms with van der Waals surface area (Å²) in [4.78, 5) is 5.35. The summed E-state index contributed by atoms with van der Waals surface area (Å²) < 4.78 is 6.05. The molecule has 0 aromatic heterocycles. The Morgan fingerprint density at radius 2 is 2.05 bits per heavy atom. The van der Waals surface area contributed by atoms with Gasteiger partial charge in [0.25, 0.3) is 0 Å². The standard InChI is InChI=1S/C17H13NO4/c19-10-4-5-17-6-7-18-12(9-15(20)22-18)11-2-1-3-13(16(11)17)21-14(17)8-10/h1-9,12,14,19-20H. The van der Waals surface area contributed by atoms with Gasteiger partial charge >= 0.3 is 5.95 Å². The van der Waals surface area contributed by atoms with E-state index in [4.69, 9.17) is 9.57 Å². The summed E-state index contributed by atoms with van der Waals surface area (Å²) in [6.45, 7) is 0. The molecule has 5 heteroatoms. The zero-order valence-corrected chi connectivity index (χ0v) is 11.5. The van der Waals surface area contributed by atoms with Gasteiger partial charge in [0, 0.05) is 17.8 Å². The first-order valence-corrected chi connectivity index (χ1v) is 7.14. The number of hydroxylamine groups is 2. The van der Waals surface area contributed by atoms with Crippen LogP contribution in [0.5, 0.6) is 5.75 Å². The molecule has 1 aromatic rings. The fourth-order valence-corrected chi connectivity index (χ4v) is 3.70. The van der Waals surface area contributed by atoms with E-state index >= 15 is 0 Å². The van der Waals surface area contributed by atoms with Crippen LogP contribution in [-0.2, 0) is 10.3 Å². The Morgan fingerprint density at radius 3 is 2.95 bits per heavy atom. The molecule has 0 saturated heterocycles. The molecule has 0 amide bonds. The predicted octanol–water partition coefficient (Wildman–Crippen LogP) is 2.91. The lowest BCUT2D eigenvalue weighted by Gasteiger charge is -2.29. The first kappa shape index (κ1) is 11.8. The summed E-state index contributed by atoms with van der Waals surface area (Å²) >= 11 is 0. The first-order valence-electron chi connectivity index (χ1n) is 7.14. The number of aliphatic hydroxyl groups excluding tert-OH is 2. The van der Waals surface area contributed by atoms with Crippen LogP contribution in [0.3, 0.4) is 0 Å². The highest BCUT2D eigenvalue weighted by atomic mass is 16.8. The van der Waals surface area contributed by atoms with E-state index in [-0.39, 0.29) is 23.9 Å². The predicted molar refractivity (Wildman–Crippen MR) is 77.9 cm³/mol. The SMILES string of the molecule is OC1=CC2Oc3cccc4c3C2(C=C1)C=CN1OC(O)=CC41. The van der Waals surface area contributed by atoms with Crippen LogP contribution in [0.2, 0.25) is 0 Å². The first-order chi connectivity index (χ1) is 10.7. The van der Waals surface area contributed by atoms with E-state index < -0.39 is 5.41 Å². The number of nitrogens with zero attached hydrogens (tertiary/aromatic N) is 1. The van der Waals surface area contributed by atoms with Gasteiger partial charge in [-0.3, -0.25) is 0 Å². The van der Waals surface area contributed by atoms with Gasteiger partial charge in [-0.05, 0) is 29.9 Å². The van der Waals surface area contributed by atoms with Crippen LogP contribution >= 0.6 is 0 Å². The van der Waals surface area contributed by atoms with Crippen LogP contribution in [0.15, 0.2) is 66.5 Å². The van der Waals surface area contributed by atoms with Crippen LogP contribution in [0, 0.1) is 0 Å². The Kier molecular flexibility index (Phi) is 1.97. The zero-order valence-electron chi connectivity index (χ0n) is 11.5. The maximum Gasteiger partial charge on any atom is 0.302 e. The number of aliphatic hydroxyl groups is 2. The normalized spacial score (nSPS) is 33.0. The average Bonchev–Trinajstić information content (AvgIpc) is 2.99. The number of rotatable bonds is 0. The van der Waals surface area contributed by atoms with Gasteiger partial charge in [0.2, 0.25) is 0 Å². The van der Waals surface area contributed by atoms with Crippen LogP contribution in [0.4, 0.5) is 0 Å². The van der Waals surface area contributed by atoms with Gasteiger partial charge in [-0.25, -0.2) is 5.06 Å². The molecule has 0 bridgehead atoms. The van der Waals surface area contributed by atoms with Crippen molar-refractivity contribution in [3.05, 3.63) is 77.6 Å². The monoisotopic (exact) mass is 295 g/mol. The van der Waals surface area contributed by atoms with E-state index in [0.29, 0.717) is 0 Å². The van der Waals surface area contributed by atoms with Gasteiger partial charge in [0.15, 0.2) is 0 Å². The van der Waals surface area contributed by atoms with Crippen molar-refractivity contribution in [2.75, 3.05) is 0 Å². The molecule has 3 unspecified atom stereocenters. The third-order valence-electron chi connectivity index (χ3n) is 4.66. The lowest BCUT2D eigenvalue weighted by molar-refractivity contribution is -0.111. The molecule has 110 valence electrons. The minimum Gasteiger partial charge on any atom is -0.508 e. The second-order valence-corrected chi connectivity index (χ2v) is 5.83. The van der Waals surface area contributed by atoms with Crippen molar-refractivity contribution in [2.45, 2.75) is 17.6 Å². The van der Waals surface area contributed by atoms with Gasteiger partial charge in [-0.15, -0.1) is 0 Å². The van der Waals surface area contributed by atoms with Crippen LogP contribution in [0.1, 0.15) is 17.2 Å². The Hall–Kier alpha value is -2.82. The molecule has 3 aliphatic heterocycles. The number of fused-ring (bicyclic) bond motifs is 2. The molecule has 1 aliphatic carbocycles. The van der Waals surface area contributed by atoms with E-state index in [1.807, 2.05) is 36.6 Å². The molecule has 0 saturated carbocycles. The molecule has 5 rings (SSSR count). The molecule has 2 N–H and O–H groups in total. The van der Waals surface area contributed by atoms with Crippen molar-refractivity contribution in [1.29, 1.82) is 0 Å². The van der Waals surface area contributed by atoms with Crippen LogP contribution < -0.4 is 4.74 Å². The average molecular weight is 295 g/mol. The molecular formula is C17H13NO4. The highest BCUT2D eigenvalue weighted by Crippen LogP contribution is 2.53. The summed E-state index contributed by atoms with van der Waals surface area (Å²) in [5, 5.41) is 21.1. The summed E-state index contributed by atoms with van der Waals surface area (Å²) in [6, 6.07) is 5.68. The van der Waals surface area contributed by atoms with Crippen molar-refractivity contribution in [3.8, 4) is 5.75 Å². The van der Waals surface area contributed by atoms with E-state index in [9.17, 15) is 10.2 Å². The van der Waals surface area contributed by atoms with Gasteiger partial charge < -0.3 is 19.8 Å². The molecule has 4 aliphatic rings. The van der Waals surface area contributed by atoms with E-state index in [0.717, 1.165) is 16.9 Å². The van der Waals surface area contributed by atoms with E-state index in [1.54, 1.807) is 23.3 Å². The molecule has 3 atom stereocenters. The minimum absolute atomic E-state index is 0.101. The van der Waals surface area contributed by atoms with Gasteiger partial charge in [-0.2, -0.15) is 0 Å². The second-order valence-electron chi connectivity index (χ2n) is 5.83. The quantitative estimate of drug-likeness (QED) is 0.770. The summed E-state index contributed by atoms with van der Waals surface area (Å²) in [6.07, 6.45) is 10.6. The van der Waals surface area contributed by atoms with Crippen molar-refractivity contribution in [3.63, 3.8) is 0 Å². The number of benzene rings is 1. The third-order valence-corrected chi connectivity index (χ3v) is 4.66. The molecule has 0 radical (unpaired) electrons. The highest BCUT2D eigenvalue weighted by molar-refractivity contribution is 5.61. The largest absolute Gasteiger partial charge is 0.508 e. The summed E-state index contributed by atoms with van der Waals surface area (Å²) in [7, 11) is 0. The summed E-state index contributed by atoms with van der Waals surface area (Å²) in [5.74, 6) is 0.900. The maximum atomic E-state index is 9.79. The Labute approximate surface area is 126 Å². The van der Waals surface area contributed by atoms with Crippen molar-refractivity contribution in [1.82, 2.24) is 5.06 Å². The highest BCUT2D eigenvalue weighted by Gasteiger charge is 2.50. The Bertz CT molecular complexity index is 807. The Morgan fingerprint density at radius 1 is 1.14 bits per heavy atom. The molecular weight excluding hydrogens is 282 g/mol. The maximum absolute atomic E-state index is 9.79. The molecule has 22 heavy (non-hydrogen) atoms. The lowest BCUT2D eigenvalue weighted by Crippen LogP contribution is -2.35. The zero-order chi connectivity index (χ0) is 14.9. The van der Waals surface area contributed by atoms with Crippen molar-refractivity contribution in [2.24, 2.45) is 0 Å². The van der Waals surface area contributed by atoms with Gasteiger partial charge in [0.05, 0.1) is 5.41 Å². The van der Waals surface area contributed by atoms with E-state index in [2.05, 4.69) is 0 Å². The number of hydrogen-bond acceptors (Lipinski definition) is 5. The molecule has 5 nitrogen and oxygen atoms in total. The fourth-order valence-electron chi connectivity index (χ4n) is 3.70. The molecule has 3 heterocycles.